The number of likely N-dealkylation sites (tertiary alicyclic amines) is 1. The average Bonchev–Trinajstić information content (AvgIpc) is 3.53. The highest BCUT2D eigenvalue weighted by molar-refractivity contribution is 5.78. The van der Waals surface area contributed by atoms with Crippen LogP contribution in [0.4, 0.5) is 11.8 Å². The molecule has 1 aliphatic carbocycles. The zero-order valence-electron chi connectivity index (χ0n) is 17.7. The number of nitrogens with zero attached hydrogens (tertiary/aromatic N) is 4. The molecule has 8 heteroatoms. The molecule has 4 rings (SSSR count). The number of anilines is 2. The van der Waals surface area contributed by atoms with Crippen LogP contribution in [-0.2, 0) is 9.53 Å². The molecule has 3 fully saturated rings. The largest absolute Gasteiger partial charge is 0.367 e. The van der Waals surface area contributed by atoms with E-state index in [1.807, 2.05) is 24.9 Å². The molecular weight excluding hydrogens is 368 g/mol. The van der Waals surface area contributed by atoms with Gasteiger partial charge in [0, 0.05) is 45.0 Å². The fourth-order valence-electron chi connectivity index (χ4n) is 4.30. The lowest BCUT2D eigenvalue weighted by Crippen LogP contribution is -2.51. The van der Waals surface area contributed by atoms with Gasteiger partial charge in [0.2, 0.25) is 11.9 Å². The quantitative estimate of drug-likeness (QED) is 0.683. The number of rotatable bonds is 8. The molecule has 2 aliphatic heterocycles. The van der Waals surface area contributed by atoms with Crippen molar-refractivity contribution in [3.05, 3.63) is 11.8 Å². The van der Waals surface area contributed by atoms with Crippen molar-refractivity contribution in [2.45, 2.75) is 38.7 Å². The zero-order chi connectivity index (χ0) is 20.2. The molecule has 3 heterocycles. The van der Waals surface area contributed by atoms with E-state index in [0.29, 0.717) is 25.0 Å². The van der Waals surface area contributed by atoms with Crippen LogP contribution >= 0.6 is 0 Å². The van der Waals surface area contributed by atoms with E-state index in [1.54, 1.807) is 0 Å². The van der Waals surface area contributed by atoms with E-state index in [-0.39, 0.29) is 18.6 Å². The van der Waals surface area contributed by atoms with Crippen LogP contribution in [-0.4, -0.2) is 84.7 Å². The van der Waals surface area contributed by atoms with Gasteiger partial charge < -0.3 is 25.2 Å². The number of ether oxygens (including phenoxy) is 1. The Labute approximate surface area is 173 Å². The number of carbonyl (C=O) groups is 1. The van der Waals surface area contributed by atoms with Gasteiger partial charge in [0.05, 0.1) is 6.10 Å². The predicted octanol–water partition coefficient (Wildman–Crippen LogP) is 1.59. The van der Waals surface area contributed by atoms with Gasteiger partial charge in [0.1, 0.15) is 12.4 Å². The third-order valence-electron chi connectivity index (χ3n) is 6.21. The minimum atomic E-state index is -0.0176. The number of morpholine rings is 1. The molecular formula is C21H34N6O2. The first-order valence-corrected chi connectivity index (χ1v) is 11.0. The van der Waals surface area contributed by atoms with Crippen LogP contribution in [0.1, 0.15) is 31.4 Å². The lowest BCUT2D eigenvalue weighted by molar-refractivity contribution is -0.149. The van der Waals surface area contributed by atoms with Crippen molar-refractivity contribution in [1.82, 2.24) is 19.8 Å². The van der Waals surface area contributed by atoms with Crippen molar-refractivity contribution in [2.75, 3.05) is 63.6 Å². The molecule has 0 bridgehead atoms. The van der Waals surface area contributed by atoms with E-state index >= 15 is 0 Å². The minimum absolute atomic E-state index is 0.0176. The maximum absolute atomic E-state index is 12.4. The lowest BCUT2D eigenvalue weighted by atomic mass is 9.95. The van der Waals surface area contributed by atoms with Crippen LogP contribution in [0.25, 0.3) is 0 Å². The zero-order valence-corrected chi connectivity index (χ0v) is 17.7. The molecule has 1 aromatic rings. The van der Waals surface area contributed by atoms with Crippen molar-refractivity contribution in [3.8, 4) is 0 Å². The van der Waals surface area contributed by atoms with Crippen LogP contribution in [0.15, 0.2) is 6.07 Å². The van der Waals surface area contributed by atoms with E-state index in [4.69, 9.17) is 4.74 Å². The van der Waals surface area contributed by atoms with Crippen molar-refractivity contribution in [3.63, 3.8) is 0 Å². The van der Waals surface area contributed by atoms with Crippen molar-refractivity contribution in [2.24, 2.45) is 11.8 Å². The molecule has 0 unspecified atom stereocenters. The summed E-state index contributed by atoms with van der Waals surface area (Å²) in [4.78, 5) is 25.7. The highest BCUT2D eigenvalue weighted by Gasteiger charge is 2.31. The van der Waals surface area contributed by atoms with Gasteiger partial charge in [-0.1, -0.05) is 0 Å². The molecule has 3 aliphatic rings. The summed E-state index contributed by atoms with van der Waals surface area (Å²) < 4.78 is 5.76. The minimum Gasteiger partial charge on any atom is -0.367 e. The monoisotopic (exact) mass is 402 g/mol. The van der Waals surface area contributed by atoms with Gasteiger partial charge in [-0.05, 0) is 57.5 Å². The number of nitrogens with one attached hydrogen (secondary N) is 2. The highest BCUT2D eigenvalue weighted by atomic mass is 16.5. The molecule has 1 amide bonds. The molecule has 1 saturated carbocycles. The molecule has 1 atom stereocenters. The number of hydrogen-bond donors (Lipinski definition) is 2. The Kier molecular flexibility index (Phi) is 6.50. The Morgan fingerprint density at radius 1 is 1.14 bits per heavy atom. The smallest absolute Gasteiger partial charge is 0.248 e. The highest BCUT2D eigenvalue weighted by Crippen LogP contribution is 2.31. The Morgan fingerprint density at radius 3 is 2.62 bits per heavy atom. The van der Waals surface area contributed by atoms with Gasteiger partial charge in [-0.3, -0.25) is 4.79 Å². The van der Waals surface area contributed by atoms with Gasteiger partial charge in [-0.2, -0.15) is 4.98 Å². The van der Waals surface area contributed by atoms with Gasteiger partial charge in [0.25, 0.3) is 0 Å². The topological polar surface area (TPSA) is 82.6 Å². The summed E-state index contributed by atoms with van der Waals surface area (Å²) in [6.45, 7) is 7.93. The van der Waals surface area contributed by atoms with Crippen molar-refractivity contribution in [1.29, 1.82) is 0 Å². The summed E-state index contributed by atoms with van der Waals surface area (Å²) in [5, 5.41) is 6.31. The van der Waals surface area contributed by atoms with Crippen LogP contribution in [0.2, 0.25) is 0 Å². The maximum Gasteiger partial charge on any atom is 0.248 e. The summed E-state index contributed by atoms with van der Waals surface area (Å²) in [5.74, 6) is 3.07. The van der Waals surface area contributed by atoms with E-state index in [1.165, 1.54) is 45.3 Å². The summed E-state index contributed by atoms with van der Waals surface area (Å²) in [7, 11) is 1.81. The third-order valence-corrected chi connectivity index (χ3v) is 6.21. The number of carbonyl (C=O) groups excluding carboxylic acids is 1. The number of aryl methyl sites for hydroxylation is 1. The van der Waals surface area contributed by atoms with Gasteiger partial charge in [-0.25, -0.2) is 4.98 Å². The first-order valence-electron chi connectivity index (χ1n) is 11.0. The standard InChI is InChI=1S/C21H34N6O2/c1-15-9-19(25-21(22-2)24-15)23-10-18-13-27(20(28)14-29-18)12-17-5-7-26(8-6-17)11-16-3-4-16/h9,16-18H,3-8,10-14H2,1-2H3,(H2,22,23,24,25)/t18-/m1/s1. The molecule has 8 nitrogen and oxygen atoms in total. The maximum atomic E-state index is 12.4. The molecule has 2 N–H and O–H groups in total. The molecule has 0 spiro atoms. The predicted molar refractivity (Wildman–Crippen MR) is 113 cm³/mol. The number of hydrogen-bond acceptors (Lipinski definition) is 7. The Morgan fingerprint density at radius 2 is 1.90 bits per heavy atom. The molecule has 160 valence electrons. The fraction of sp³-hybridized carbons (Fsp3) is 0.762. The van der Waals surface area contributed by atoms with Crippen molar-refractivity contribution >= 4 is 17.7 Å². The summed E-state index contributed by atoms with van der Waals surface area (Å²) in [6, 6.07) is 1.92. The number of aromatic nitrogens is 2. The molecule has 0 radical (unpaired) electrons. The number of piperidine rings is 1. The Balaban J connectivity index is 1.24. The van der Waals surface area contributed by atoms with E-state index in [0.717, 1.165) is 24.0 Å². The first kappa shape index (κ1) is 20.3. The number of amides is 1. The summed E-state index contributed by atoms with van der Waals surface area (Å²) in [6.07, 6.45) is 5.22. The van der Waals surface area contributed by atoms with E-state index in [9.17, 15) is 4.79 Å². The second-order valence-electron chi connectivity index (χ2n) is 8.77. The molecule has 0 aromatic carbocycles. The van der Waals surface area contributed by atoms with Gasteiger partial charge >= 0.3 is 0 Å². The van der Waals surface area contributed by atoms with Gasteiger partial charge in [-0.15, -0.1) is 0 Å². The van der Waals surface area contributed by atoms with Crippen LogP contribution in [0, 0.1) is 18.8 Å². The first-order chi connectivity index (χ1) is 14.1. The van der Waals surface area contributed by atoms with E-state index < -0.39 is 0 Å². The van der Waals surface area contributed by atoms with Crippen LogP contribution in [0.3, 0.4) is 0 Å². The van der Waals surface area contributed by atoms with Crippen molar-refractivity contribution < 1.29 is 9.53 Å². The molecule has 1 aromatic heterocycles. The SMILES string of the molecule is CNc1nc(C)cc(NC[C@@H]2CN(CC3CCN(CC4CC4)CC3)C(=O)CO2)n1. The second-order valence-corrected chi connectivity index (χ2v) is 8.77. The lowest BCUT2D eigenvalue weighted by Gasteiger charge is -2.38. The third kappa shape index (κ3) is 5.79. The second kappa shape index (κ2) is 9.26. The average molecular weight is 403 g/mol. The Bertz CT molecular complexity index is 702. The van der Waals surface area contributed by atoms with Gasteiger partial charge in [0.15, 0.2) is 0 Å². The Hall–Kier alpha value is -1.93. The summed E-state index contributed by atoms with van der Waals surface area (Å²) >= 11 is 0. The van der Waals surface area contributed by atoms with Crippen LogP contribution < -0.4 is 10.6 Å². The van der Waals surface area contributed by atoms with Crippen LogP contribution in [0.5, 0.6) is 0 Å². The fourth-order valence-corrected chi connectivity index (χ4v) is 4.30. The molecule has 2 saturated heterocycles. The summed E-state index contributed by atoms with van der Waals surface area (Å²) in [5.41, 5.74) is 0.904. The van der Waals surface area contributed by atoms with E-state index in [2.05, 4.69) is 25.5 Å². The molecule has 29 heavy (non-hydrogen) atoms. The normalized spacial score (nSPS) is 24.0.